The Morgan fingerprint density at radius 2 is 1.60 bits per heavy atom. The highest BCUT2D eigenvalue weighted by Crippen LogP contribution is 2.14. The smallest absolute Gasteiger partial charge is 0.408 e. The van der Waals surface area contributed by atoms with Crippen LogP contribution >= 0.6 is 0 Å². The molecule has 0 aliphatic heterocycles. The molecule has 0 heterocycles. The Hall–Kier alpha value is -3.11. The molecule has 1 atom stereocenters. The van der Waals surface area contributed by atoms with Gasteiger partial charge in [0.2, 0.25) is 5.91 Å². The molecular formula is C20H25N3O6S. The summed E-state index contributed by atoms with van der Waals surface area (Å²) in [5, 5.41) is 5.31. The second-order valence-electron chi connectivity index (χ2n) is 7.53. The summed E-state index contributed by atoms with van der Waals surface area (Å²) in [5.41, 5.74) is 0.658. The Labute approximate surface area is 175 Å². The van der Waals surface area contributed by atoms with Gasteiger partial charge in [0.15, 0.2) is 0 Å². The topological polar surface area (TPSA) is 134 Å². The molecule has 2 rings (SSSR count). The zero-order valence-electron chi connectivity index (χ0n) is 16.9. The average Bonchev–Trinajstić information content (AvgIpc) is 2.61. The fourth-order valence-corrected chi connectivity index (χ4v) is 2.94. The second-order valence-corrected chi connectivity index (χ2v) is 8.69. The lowest BCUT2D eigenvalue weighted by Gasteiger charge is -2.23. The Bertz CT molecular complexity index is 970. The summed E-state index contributed by atoms with van der Waals surface area (Å²) in [7, 11) is -4.38. The van der Waals surface area contributed by atoms with Crippen LogP contribution in [0.1, 0.15) is 26.3 Å². The molecule has 10 heteroatoms. The average molecular weight is 436 g/mol. The Morgan fingerprint density at radius 1 is 1.00 bits per heavy atom. The van der Waals surface area contributed by atoms with Crippen molar-refractivity contribution in [1.82, 2.24) is 5.32 Å². The highest BCUT2D eigenvalue weighted by atomic mass is 32.2. The number of ether oxygens (including phenoxy) is 1. The van der Waals surface area contributed by atoms with Gasteiger partial charge in [-0.1, -0.05) is 30.3 Å². The summed E-state index contributed by atoms with van der Waals surface area (Å²) >= 11 is 0. The van der Waals surface area contributed by atoms with Crippen molar-refractivity contribution in [3.05, 3.63) is 60.2 Å². The van der Waals surface area contributed by atoms with E-state index in [-0.39, 0.29) is 12.1 Å². The van der Waals surface area contributed by atoms with Gasteiger partial charge in [0.1, 0.15) is 11.6 Å². The van der Waals surface area contributed by atoms with Crippen molar-refractivity contribution < 1.29 is 27.3 Å². The van der Waals surface area contributed by atoms with Gasteiger partial charge < -0.3 is 15.4 Å². The molecule has 0 aromatic heterocycles. The molecule has 2 amide bonds. The summed E-state index contributed by atoms with van der Waals surface area (Å²) in [6.07, 6.45) is -0.607. The molecule has 0 saturated heterocycles. The van der Waals surface area contributed by atoms with Gasteiger partial charge in [-0.3, -0.25) is 14.1 Å². The van der Waals surface area contributed by atoms with Crippen LogP contribution in [0, 0.1) is 0 Å². The van der Waals surface area contributed by atoms with E-state index in [0.29, 0.717) is 11.3 Å². The number of para-hydroxylation sites is 1. The minimum atomic E-state index is -4.38. The van der Waals surface area contributed by atoms with E-state index < -0.39 is 33.9 Å². The molecule has 9 nitrogen and oxygen atoms in total. The van der Waals surface area contributed by atoms with Crippen LogP contribution in [0.5, 0.6) is 0 Å². The first-order chi connectivity index (χ1) is 13.9. The van der Waals surface area contributed by atoms with Gasteiger partial charge in [0.05, 0.1) is 5.69 Å². The number of carbonyl (C=O) groups excluding carboxylic acids is 2. The van der Waals surface area contributed by atoms with Crippen LogP contribution in [-0.2, 0) is 26.3 Å². The summed E-state index contributed by atoms with van der Waals surface area (Å²) in [6.45, 7) is 5.14. The molecule has 0 saturated carbocycles. The highest BCUT2D eigenvalue weighted by Gasteiger charge is 2.25. The molecule has 4 N–H and O–H groups in total. The Kier molecular flexibility index (Phi) is 7.41. The van der Waals surface area contributed by atoms with E-state index in [1.807, 2.05) is 10.8 Å². The van der Waals surface area contributed by atoms with E-state index in [0.717, 1.165) is 0 Å². The van der Waals surface area contributed by atoms with Crippen LogP contribution in [0.3, 0.4) is 0 Å². The van der Waals surface area contributed by atoms with Crippen molar-refractivity contribution in [2.75, 3.05) is 10.0 Å². The first kappa shape index (κ1) is 23.2. The quantitative estimate of drug-likeness (QED) is 0.494. The number of hydrogen-bond acceptors (Lipinski definition) is 5. The number of hydrogen-bond donors (Lipinski definition) is 4. The molecule has 0 unspecified atom stereocenters. The summed E-state index contributed by atoms with van der Waals surface area (Å²) in [6, 6.07) is 13.9. The van der Waals surface area contributed by atoms with E-state index in [1.165, 1.54) is 12.1 Å². The maximum Gasteiger partial charge on any atom is 0.408 e. The molecule has 0 spiro atoms. The largest absolute Gasteiger partial charge is 0.444 e. The Balaban J connectivity index is 2.15. The third-order valence-electron chi connectivity index (χ3n) is 3.69. The van der Waals surface area contributed by atoms with Gasteiger partial charge in [-0.15, -0.1) is 0 Å². The van der Waals surface area contributed by atoms with Gasteiger partial charge in [-0.2, -0.15) is 8.42 Å². The minimum absolute atomic E-state index is 0.129. The van der Waals surface area contributed by atoms with Crippen molar-refractivity contribution in [3.63, 3.8) is 0 Å². The van der Waals surface area contributed by atoms with Crippen LogP contribution in [0.25, 0.3) is 0 Å². The van der Waals surface area contributed by atoms with Crippen LogP contribution in [0.4, 0.5) is 16.2 Å². The van der Waals surface area contributed by atoms with Crippen LogP contribution in [0.2, 0.25) is 0 Å². The fraction of sp³-hybridized carbons (Fsp3) is 0.300. The molecule has 30 heavy (non-hydrogen) atoms. The number of anilines is 2. The minimum Gasteiger partial charge on any atom is -0.444 e. The third-order valence-corrected chi connectivity index (χ3v) is 4.18. The number of benzene rings is 2. The molecule has 162 valence electrons. The second kappa shape index (κ2) is 9.59. The SMILES string of the molecule is CC(C)(C)OC(=O)N[C@@H](Cc1ccc(NS(=O)(=O)O)cc1)C(=O)Nc1ccccc1. The third kappa shape index (κ3) is 8.50. The zero-order chi connectivity index (χ0) is 22.4. The van der Waals surface area contributed by atoms with Gasteiger partial charge in [-0.05, 0) is 50.6 Å². The summed E-state index contributed by atoms with van der Waals surface area (Å²) < 4.78 is 37.8. The van der Waals surface area contributed by atoms with Gasteiger partial charge in [-0.25, -0.2) is 4.79 Å². The number of amides is 2. The van der Waals surface area contributed by atoms with Crippen LogP contribution in [-0.4, -0.2) is 36.6 Å². The highest BCUT2D eigenvalue weighted by molar-refractivity contribution is 7.87. The van der Waals surface area contributed by atoms with Crippen molar-refractivity contribution in [2.45, 2.75) is 38.8 Å². The molecule has 0 bridgehead atoms. The van der Waals surface area contributed by atoms with Crippen LogP contribution in [0.15, 0.2) is 54.6 Å². The van der Waals surface area contributed by atoms with E-state index in [9.17, 15) is 18.0 Å². The lowest BCUT2D eigenvalue weighted by atomic mass is 10.0. The zero-order valence-corrected chi connectivity index (χ0v) is 17.7. The predicted molar refractivity (Wildman–Crippen MR) is 114 cm³/mol. The molecule has 2 aromatic carbocycles. The number of nitrogens with one attached hydrogen (secondary N) is 3. The van der Waals surface area contributed by atoms with Crippen molar-refractivity contribution in [2.24, 2.45) is 0 Å². The lowest BCUT2D eigenvalue weighted by Crippen LogP contribution is -2.47. The van der Waals surface area contributed by atoms with E-state index >= 15 is 0 Å². The number of carbonyl (C=O) groups is 2. The summed E-state index contributed by atoms with van der Waals surface area (Å²) in [4.78, 5) is 25.0. The van der Waals surface area contributed by atoms with Gasteiger partial charge in [0.25, 0.3) is 0 Å². The number of alkyl carbamates (subject to hydrolysis) is 1. The van der Waals surface area contributed by atoms with Crippen molar-refractivity contribution in [1.29, 1.82) is 0 Å². The predicted octanol–water partition coefficient (Wildman–Crippen LogP) is 2.98. The molecule has 0 aliphatic rings. The normalized spacial score (nSPS) is 12.5. The first-order valence-corrected chi connectivity index (χ1v) is 10.5. The monoisotopic (exact) mass is 435 g/mol. The fourth-order valence-electron chi connectivity index (χ4n) is 2.50. The maximum absolute atomic E-state index is 12.8. The van der Waals surface area contributed by atoms with Gasteiger partial charge >= 0.3 is 16.4 Å². The van der Waals surface area contributed by atoms with E-state index in [4.69, 9.17) is 9.29 Å². The maximum atomic E-state index is 12.8. The number of rotatable bonds is 7. The molecule has 0 fully saturated rings. The van der Waals surface area contributed by atoms with Crippen molar-refractivity contribution >= 4 is 33.7 Å². The lowest BCUT2D eigenvalue weighted by molar-refractivity contribution is -0.118. The van der Waals surface area contributed by atoms with E-state index in [2.05, 4.69) is 10.6 Å². The molecule has 0 radical (unpaired) electrons. The first-order valence-electron chi connectivity index (χ1n) is 9.11. The summed E-state index contributed by atoms with van der Waals surface area (Å²) in [5.74, 6) is -0.438. The Morgan fingerprint density at radius 3 is 2.13 bits per heavy atom. The van der Waals surface area contributed by atoms with Crippen molar-refractivity contribution in [3.8, 4) is 0 Å². The molecular weight excluding hydrogens is 410 g/mol. The standard InChI is InChI=1S/C20H25N3O6S/c1-20(2,3)29-19(25)22-17(18(24)21-15-7-5-4-6-8-15)13-14-9-11-16(12-10-14)23-30(26,27)28/h4-12,17,23H,13H2,1-3H3,(H,21,24)(H,22,25)(H,26,27,28)/t17-/m0/s1. The molecule has 0 aliphatic carbocycles. The molecule has 2 aromatic rings. The van der Waals surface area contributed by atoms with Crippen LogP contribution < -0.4 is 15.4 Å². The van der Waals surface area contributed by atoms with E-state index in [1.54, 1.807) is 57.2 Å². The van der Waals surface area contributed by atoms with Gasteiger partial charge in [0, 0.05) is 12.1 Å².